The van der Waals surface area contributed by atoms with E-state index in [0.29, 0.717) is 18.0 Å². The zero-order valence-electron chi connectivity index (χ0n) is 18.5. The number of hydrogen-bond acceptors (Lipinski definition) is 0. The Balaban J connectivity index is 2.45. The molecule has 3 rings (SSSR count). The van der Waals surface area contributed by atoms with Crippen LogP contribution in [0.15, 0.2) is 36.5 Å². The lowest BCUT2D eigenvalue weighted by Gasteiger charge is -2.16. The van der Waals surface area contributed by atoms with Crippen molar-refractivity contribution in [2.24, 2.45) is 7.05 Å². The molecule has 0 aliphatic heterocycles. The van der Waals surface area contributed by atoms with Crippen LogP contribution in [0.3, 0.4) is 0 Å². The number of benzene rings is 2. The molecule has 0 fully saturated rings. The fourth-order valence-corrected chi connectivity index (χ4v) is 3.78. The van der Waals surface area contributed by atoms with Crippen LogP contribution in [0.4, 0.5) is 0 Å². The number of rotatable bonds is 3. The van der Waals surface area contributed by atoms with E-state index in [9.17, 15) is 0 Å². The van der Waals surface area contributed by atoms with Crippen molar-refractivity contribution in [3.8, 4) is 11.3 Å². The van der Waals surface area contributed by atoms with E-state index < -0.39 is 0 Å². The molecule has 136 valence electrons. The molecule has 1 aromatic heterocycles. The number of nitrogens with zero attached hydrogens (tertiary/aromatic N) is 1. The van der Waals surface area contributed by atoms with Crippen LogP contribution < -0.4 is 4.57 Å². The van der Waals surface area contributed by atoms with Gasteiger partial charge in [0.05, 0.1) is 10.9 Å². The summed E-state index contributed by atoms with van der Waals surface area (Å²) >= 11 is 0. The highest BCUT2D eigenvalue weighted by Crippen LogP contribution is 2.34. The summed E-state index contributed by atoms with van der Waals surface area (Å²) in [5, 5.41) is 2.44. The molecule has 0 bridgehead atoms. The molecule has 0 saturated heterocycles. The van der Waals surface area contributed by atoms with Crippen molar-refractivity contribution < 1.29 is 5.94 Å². The van der Waals surface area contributed by atoms with Crippen molar-refractivity contribution in [3.63, 3.8) is 0 Å². The summed E-state index contributed by atoms with van der Waals surface area (Å²) in [5.41, 5.74) is 8.74. The van der Waals surface area contributed by atoms with Gasteiger partial charge in [0.25, 0.3) is 0 Å². The van der Waals surface area contributed by atoms with Gasteiger partial charge in [0.2, 0.25) is 5.69 Å². The molecule has 0 radical (unpaired) electrons. The van der Waals surface area contributed by atoms with Gasteiger partial charge < -0.3 is 0 Å². The summed E-state index contributed by atoms with van der Waals surface area (Å²) in [7, 11) is 2.03. The lowest BCUT2D eigenvalue weighted by Crippen LogP contribution is -2.31. The second-order valence-electron chi connectivity index (χ2n) is 8.27. The highest BCUT2D eigenvalue weighted by molar-refractivity contribution is 5.96. The third kappa shape index (κ3) is 3.16. The summed E-state index contributed by atoms with van der Waals surface area (Å²) in [4.78, 5) is 0. The molecule has 0 atom stereocenters. The van der Waals surface area contributed by atoms with Crippen LogP contribution in [-0.2, 0) is 7.05 Å². The topological polar surface area (TPSA) is 3.88 Å². The molecule has 1 nitrogen and oxygen atoms in total. The Morgan fingerprint density at radius 1 is 0.808 bits per heavy atom. The highest BCUT2D eigenvalue weighted by atomic mass is 14.9. The van der Waals surface area contributed by atoms with E-state index in [4.69, 9.17) is 1.37 Å². The monoisotopic (exact) mass is 347 g/mol. The minimum atomic E-state index is 0.480. The van der Waals surface area contributed by atoms with Gasteiger partial charge in [-0.05, 0) is 72.4 Å². The van der Waals surface area contributed by atoms with Crippen molar-refractivity contribution in [3.05, 3.63) is 64.3 Å². The average molecular weight is 348 g/mol. The summed E-state index contributed by atoms with van der Waals surface area (Å²) in [6.07, 6.45) is 0.588. The smallest absolute Gasteiger partial charge is 0.200 e. The Bertz CT molecular complexity index is 1030. The molecule has 0 aliphatic rings. The van der Waals surface area contributed by atoms with Gasteiger partial charge in [-0.15, -0.1) is 0 Å². The van der Waals surface area contributed by atoms with Crippen LogP contribution in [-0.4, -0.2) is 0 Å². The Hall–Kier alpha value is -2.15. The van der Waals surface area contributed by atoms with Gasteiger partial charge in [-0.2, -0.15) is 0 Å². The summed E-state index contributed by atoms with van der Waals surface area (Å²) in [5.74, 6) is 0.960. The second kappa shape index (κ2) is 6.87. The zero-order chi connectivity index (χ0) is 20.0. The first kappa shape index (κ1) is 17.3. The van der Waals surface area contributed by atoms with Gasteiger partial charge in [-0.1, -0.05) is 45.9 Å². The molecule has 0 saturated carbocycles. The Morgan fingerprint density at radius 2 is 1.46 bits per heavy atom. The Morgan fingerprint density at radius 3 is 2.08 bits per heavy atom. The van der Waals surface area contributed by atoms with E-state index in [1.807, 2.05) is 7.05 Å². The van der Waals surface area contributed by atoms with Crippen molar-refractivity contribution in [1.82, 2.24) is 0 Å². The van der Waals surface area contributed by atoms with Gasteiger partial charge in [-0.25, -0.2) is 4.57 Å². The van der Waals surface area contributed by atoms with Crippen LogP contribution in [0.5, 0.6) is 0 Å². The van der Waals surface area contributed by atoms with Crippen LogP contribution >= 0.6 is 0 Å². The molecular formula is C25H32N+. The maximum atomic E-state index is 8.72. The van der Waals surface area contributed by atoms with E-state index in [-0.39, 0.29) is 0 Å². The quantitative estimate of drug-likeness (QED) is 0.476. The number of hydrogen-bond donors (Lipinski definition) is 0. The molecular weight excluding hydrogens is 314 g/mol. The van der Waals surface area contributed by atoms with Gasteiger partial charge in [0.1, 0.15) is 8.42 Å². The molecule has 0 spiro atoms. The minimum Gasteiger partial charge on any atom is -0.200 e. The number of aromatic nitrogens is 1. The van der Waals surface area contributed by atoms with Crippen LogP contribution in [0.25, 0.3) is 22.0 Å². The van der Waals surface area contributed by atoms with Crippen molar-refractivity contribution in [1.29, 1.82) is 0 Å². The highest BCUT2D eigenvalue weighted by Gasteiger charge is 2.21. The molecule has 0 unspecified atom stereocenters. The minimum absolute atomic E-state index is 0.480. The number of aryl methyl sites for hydroxylation is 2. The van der Waals surface area contributed by atoms with E-state index >= 15 is 0 Å². The largest absolute Gasteiger partial charge is 0.220 e. The molecule has 0 N–H and O–H groups in total. The standard InChI is InChI=1S/C25H32N/c1-15(2)20-9-10-22-23(12-20)18(6)14-26(8)25(22)24-13-21(16(3)4)11-17(5)19(24)7/h9-16H,1-8H3/q+1/i14D. The normalized spacial score (nSPS) is 12.3. The average Bonchev–Trinajstić information content (AvgIpc) is 2.62. The van der Waals surface area contributed by atoms with Gasteiger partial charge in [0.15, 0.2) is 6.17 Å². The van der Waals surface area contributed by atoms with Crippen molar-refractivity contribution >= 4 is 10.8 Å². The zero-order valence-corrected chi connectivity index (χ0v) is 17.5. The van der Waals surface area contributed by atoms with Gasteiger partial charge in [0, 0.05) is 5.56 Å². The second-order valence-corrected chi connectivity index (χ2v) is 8.27. The summed E-state index contributed by atoms with van der Waals surface area (Å²) in [6.45, 7) is 15.4. The predicted octanol–water partition coefficient (Wildman–Crippen LogP) is 6.50. The Labute approximate surface area is 160 Å². The first-order valence-electron chi connectivity index (χ1n) is 10.2. The lowest BCUT2D eigenvalue weighted by molar-refractivity contribution is -0.659. The van der Waals surface area contributed by atoms with E-state index in [1.165, 1.54) is 38.6 Å². The molecule has 0 amide bonds. The number of pyridine rings is 1. The maximum absolute atomic E-state index is 8.72. The van der Waals surface area contributed by atoms with E-state index in [1.54, 1.807) is 0 Å². The summed E-state index contributed by atoms with van der Waals surface area (Å²) in [6, 6.07) is 11.4. The fourth-order valence-electron chi connectivity index (χ4n) is 3.78. The van der Waals surface area contributed by atoms with Gasteiger partial charge in [-0.3, -0.25) is 0 Å². The molecule has 26 heavy (non-hydrogen) atoms. The van der Waals surface area contributed by atoms with Crippen LogP contribution in [0, 0.1) is 20.8 Å². The fraction of sp³-hybridized carbons (Fsp3) is 0.400. The molecule has 1 heteroatoms. The van der Waals surface area contributed by atoms with Crippen molar-refractivity contribution in [2.75, 3.05) is 0 Å². The predicted molar refractivity (Wildman–Crippen MR) is 113 cm³/mol. The molecule has 0 aliphatic carbocycles. The SMILES string of the molecule is [2H]c1c(C)c2cc(C(C)C)ccc2c(-c2cc(C(C)C)cc(C)c2C)[n+]1C. The van der Waals surface area contributed by atoms with Crippen LogP contribution in [0.1, 0.15) is 68.7 Å². The number of fused-ring (bicyclic) bond motifs is 1. The third-order valence-electron chi connectivity index (χ3n) is 5.65. The maximum Gasteiger partial charge on any atom is 0.220 e. The van der Waals surface area contributed by atoms with E-state index in [2.05, 4.69) is 83.4 Å². The van der Waals surface area contributed by atoms with Gasteiger partial charge >= 0.3 is 0 Å². The Kier molecular flexibility index (Phi) is 4.56. The summed E-state index contributed by atoms with van der Waals surface area (Å²) < 4.78 is 10.8. The molecule has 3 aromatic rings. The molecule has 2 aromatic carbocycles. The third-order valence-corrected chi connectivity index (χ3v) is 5.65. The van der Waals surface area contributed by atoms with E-state index in [0.717, 1.165) is 11.3 Å². The first-order valence-corrected chi connectivity index (χ1v) is 9.67. The lowest BCUT2D eigenvalue weighted by atomic mass is 9.89. The first-order chi connectivity index (χ1) is 12.6. The van der Waals surface area contributed by atoms with Crippen molar-refractivity contribution in [2.45, 2.75) is 60.3 Å². The van der Waals surface area contributed by atoms with Crippen LogP contribution in [0.2, 0.25) is 0 Å². The molecule has 1 heterocycles.